The van der Waals surface area contributed by atoms with E-state index in [2.05, 4.69) is 0 Å². The minimum Gasteiger partial charge on any atom is -0.314 e. The molecule has 22 heavy (non-hydrogen) atoms. The largest absolute Gasteiger partial charge is 0.314 e. The molecule has 1 aliphatic rings. The van der Waals surface area contributed by atoms with Gasteiger partial charge in [-0.15, -0.1) is 0 Å². The van der Waals surface area contributed by atoms with Gasteiger partial charge in [0.05, 0.1) is 6.26 Å². The van der Waals surface area contributed by atoms with Crippen LogP contribution in [0.3, 0.4) is 0 Å². The molecule has 5 nitrogen and oxygen atoms in total. The van der Waals surface area contributed by atoms with Crippen LogP contribution in [0.25, 0.3) is 0 Å². The summed E-state index contributed by atoms with van der Waals surface area (Å²) in [5.74, 6) is -0.155. The summed E-state index contributed by atoms with van der Waals surface area (Å²) in [4.78, 5) is 14.4. The first-order valence-electron chi connectivity index (χ1n) is 7.53. The van der Waals surface area contributed by atoms with Gasteiger partial charge in [-0.1, -0.05) is 24.1 Å². The summed E-state index contributed by atoms with van der Waals surface area (Å²) in [6, 6.07) is 5.31. The Morgan fingerprint density at radius 3 is 2.55 bits per heavy atom. The number of piperidine rings is 1. The highest BCUT2D eigenvalue weighted by molar-refractivity contribution is 7.88. The van der Waals surface area contributed by atoms with Crippen molar-refractivity contribution < 1.29 is 13.2 Å². The number of aryl methyl sites for hydroxylation is 2. The number of anilines is 1. The molecule has 1 amide bonds. The van der Waals surface area contributed by atoms with E-state index in [1.54, 1.807) is 11.9 Å². The average molecular weight is 324 g/mol. The Kier molecular flexibility index (Phi) is 4.92. The lowest BCUT2D eigenvalue weighted by Gasteiger charge is -2.35. The van der Waals surface area contributed by atoms with Crippen molar-refractivity contribution in [1.82, 2.24) is 4.31 Å². The predicted octanol–water partition coefficient (Wildman–Crippen LogP) is 2.08. The lowest BCUT2D eigenvalue weighted by molar-refractivity contribution is -0.122. The fourth-order valence-corrected chi connectivity index (χ4v) is 4.19. The molecule has 1 fully saturated rings. The Bertz CT molecular complexity index is 670. The summed E-state index contributed by atoms with van der Waals surface area (Å²) >= 11 is 0. The van der Waals surface area contributed by atoms with Gasteiger partial charge in [-0.3, -0.25) is 4.79 Å². The molecule has 0 radical (unpaired) electrons. The molecule has 0 spiro atoms. The molecule has 6 heteroatoms. The number of carbonyl (C=O) groups is 1. The van der Waals surface area contributed by atoms with Crippen LogP contribution in [0.15, 0.2) is 18.2 Å². The molecule has 0 saturated carbocycles. The third kappa shape index (κ3) is 3.50. The molecule has 1 saturated heterocycles. The van der Waals surface area contributed by atoms with Crippen molar-refractivity contribution >= 4 is 21.6 Å². The van der Waals surface area contributed by atoms with Gasteiger partial charge >= 0.3 is 0 Å². The number of nitrogens with zero attached hydrogens (tertiary/aromatic N) is 2. The summed E-state index contributed by atoms with van der Waals surface area (Å²) in [6.07, 6.45) is 3.45. The number of likely N-dealkylation sites (N-methyl/N-ethyl adjacent to an activating group) is 1. The number of benzene rings is 1. The maximum Gasteiger partial charge on any atom is 0.245 e. The number of rotatable bonds is 3. The number of hydrogen-bond acceptors (Lipinski definition) is 3. The van der Waals surface area contributed by atoms with Crippen molar-refractivity contribution in [2.75, 3.05) is 24.7 Å². The SMILES string of the molecule is Cc1ccc(N(C)C(=O)C2CCCCN2S(C)(=O)=O)c(C)c1. The average Bonchev–Trinajstić information content (AvgIpc) is 2.45. The van der Waals surface area contributed by atoms with E-state index in [0.717, 1.165) is 29.7 Å². The first kappa shape index (κ1) is 17.0. The van der Waals surface area contributed by atoms with Gasteiger partial charge in [0.25, 0.3) is 0 Å². The predicted molar refractivity (Wildman–Crippen MR) is 88.5 cm³/mol. The van der Waals surface area contributed by atoms with E-state index in [0.29, 0.717) is 13.0 Å². The van der Waals surface area contributed by atoms with Crippen molar-refractivity contribution in [3.63, 3.8) is 0 Å². The zero-order valence-electron chi connectivity index (χ0n) is 13.7. The van der Waals surface area contributed by atoms with E-state index in [9.17, 15) is 13.2 Å². The Labute approximate surface area is 133 Å². The second-order valence-corrected chi connectivity index (χ2v) is 8.01. The Balaban J connectivity index is 2.28. The van der Waals surface area contributed by atoms with Gasteiger partial charge in [0.2, 0.25) is 15.9 Å². The van der Waals surface area contributed by atoms with Crippen molar-refractivity contribution in [1.29, 1.82) is 0 Å². The molecular weight excluding hydrogens is 300 g/mol. The van der Waals surface area contributed by atoms with Gasteiger partial charge in [0.15, 0.2) is 0 Å². The fourth-order valence-electron chi connectivity index (χ4n) is 3.07. The molecule has 0 aromatic heterocycles. The van der Waals surface area contributed by atoms with Gasteiger partial charge < -0.3 is 4.90 Å². The minimum absolute atomic E-state index is 0.155. The normalized spacial score (nSPS) is 19.9. The van der Waals surface area contributed by atoms with Crippen LogP contribution < -0.4 is 4.90 Å². The van der Waals surface area contributed by atoms with Crippen LogP contribution in [0, 0.1) is 13.8 Å². The second-order valence-electron chi connectivity index (χ2n) is 6.07. The van der Waals surface area contributed by atoms with Gasteiger partial charge in [0, 0.05) is 19.3 Å². The van der Waals surface area contributed by atoms with Crippen molar-refractivity contribution in [3.8, 4) is 0 Å². The Hall–Kier alpha value is -1.40. The molecule has 0 bridgehead atoms. The second kappa shape index (κ2) is 6.38. The molecule has 1 aromatic carbocycles. The molecule has 1 aromatic rings. The van der Waals surface area contributed by atoms with Gasteiger partial charge in [-0.05, 0) is 38.3 Å². The van der Waals surface area contributed by atoms with E-state index in [-0.39, 0.29) is 5.91 Å². The van der Waals surface area contributed by atoms with Crippen LogP contribution in [0.4, 0.5) is 5.69 Å². The summed E-state index contributed by atoms with van der Waals surface area (Å²) in [5.41, 5.74) is 2.98. The fraction of sp³-hybridized carbons (Fsp3) is 0.562. The minimum atomic E-state index is -3.37. The molecule has 1 heterocycles. The summed E-state index contributed by atoms with van der Waals surface area (Å²) in [7, 11) is -1.65. The first-order valence-corrected chi connectivity index (χ1v) is 9.38. The van der Waals surface area contributed by atoms with Crippen LogP contribution in [-0.2, 0) is 14.8 Å². The number of hydrogen-bond donors (Lipinski definition) is 0. The third-order valence-electron chi connectivity index (χ3n) is 4.21. The van der Waals surface area contributed by atoms with Crippen LogP contribution in [0.1, 0.15) is 30.4 Å². The Morgan fingerprint density at radius 2 is 1.95 bits per heavy atom. The van der Waals surface area contributed by atoms with Crippen molar-refractivity contribution in [2.24, 2.45) is 0 Å². The van der Waals surface area contributed by atoms with Crippen molar-refractivity contribution in [2.45, 2.75) is 39.2 Å². The standard InChI is InChI=1S/C16H24N2O3S/c1-12-8-9-14(13(2)11-12)17(3)16(19)15-7-5-6-10-18(15)22(4,20)21/h8-9,11,15H,5-7,10H2,1-4H3. The quantitative estimate of drug-likeness (QED) is 0.855. The Morgan fingerprint density at radius 1 is 1.27 bits per heavy atom. The van der Waals surface area contributed by atoms with Crippen LogP contribution in [-0.4, -0.2) is 44.5 Å². The first-order chi connectivity index (χ1) is 10.2. The van der Waals surface area contributed by atoms with Gasteiger partial charge in [-0.25, -0.2) is 8.42 Å². The zero-order chi connectivity index (χ0) is 16.5. The smallest absolute Gasteiger partial charge is 0.245 e. The van der Waals surface area contributed by atoms with E-state index >= 15 is 0 Å². The number of amides is 1. The molecular formula is C16H24N2O3S. The monoisotopic (exact) mass is 324 g/mol. The summed E-state index contributed by atoms with van der Waals surface area (Å²) in [6.45, 7) is 4.39. The van der Waals surface area contributed by atoms with Crippen LogP contribution in [0.5, 0.6) is 0 Å². The van der Waals surface area contributed by atoms with Gasteiger partial charge in [-0.2, -0.15) is 4.31 Å². The highest BCUT2D eigenvalue weighted by atomic mass is 32.2. The van der Waals surface area contributed by atoms with E-state index < -0.39 is 16.1 Å². The van der Waals surface area contributed by atoms with E-state index in [4.69, 9.17) is 0 Å². The molecule has 2 rings (SSSR count). The maximum atomic E-state index is 12.8. The zero-order valence-corrected chi connectivity index (χ0v) is 14.5. The topological polar surface area (TPSA) is 57.7 Å². The van der Waals surface area contributed by atoms with Gasteiger partial charge in [0.1, 0.15) is 6.04 Å². The molecule has 0 N–H and O–H groups in total. The summed E-state index contributed by atoms with van der Waals surface area (Å²) < 4.78 is 25.2. The number of carbonyl (C=O) groups excluding carboxylic acids is 1. The molecule has 0 aliphatic carbocycles. The lowest BCUT2D eigenvalue weighted by atomic mass is 10.0. The molecule has 1 unspecified atom stereocenters. The maximum absolute atomic E-state index is 12.8. The molecule has 122 valence electrons. The van der Waals surface area contributed by atoms with Crippen LogP contribution >= 0.6 is 0 Å². The summed E-state index contributed by atoms with van der Waals surface area (Å²) in [5, 5.41) is 0. The highest BCUT2D eigenvalue weighted by Gasteiger charge is 2.36. The lowest BCUT2D eigenvalue weighted by Crippen LogP contribution is -2.52. The van der Waals surface area contributed by atoms with Crippen molar-refractivity contribution in [3.05, 3.63) is 29.3 Å². The molecule has 1 aliphatic heterocycles. The number of sulfonamides is 1. The third-order valence-corrected chi connectivity index (χ3v) is 5.50. The highest BCUT2D eigenvalue weighted by Crippen LogP contribution is 2.25. The van der Waals surface area contributed by atoms with E-state index in [1.165, 1.54) is 10.6 Å². The van der Waals surface area contributed by atoms with E-state index in [1.807, 2.05) is 32.0 Å². The van der Waals surface area contributed by atoms with Crippen LogP contribution in [0.2, 0.25) is 0 Å². The molecule has 1 atom stereocenters.